The Bertz CT molecular complexity index is 1300. The van der Waals surface area contributed by atoms with E-state index in [0.717, 1.165) is 0 Å². The molecule has 0 amide bonds. The van der Waals surface area contributed by atoms with Gasteiger partial charge in [-0.2, -0.15) is 0 Å². The zero-order valence-electron chi connectivity index (χ0n) is 17.3. The average Bonchev–Trinajstić information content (AvgIpc) is 3.37. The van der Waals surface area contributed by atoms with Gasteiger partial charge in [-0.05, 0) is 0 Å². The van der Waals surface area contributed by atoms with Crippen molar-refractivity contribution in [2.45, 2.75) is 0 Å². The average molecular weight is 634 g/mol. The molecule has 0 aromatic heterocycles. The van der Waals surface area contributed by atoms with Gasteiger partial charge in [0, 0.05) is 0 Å². The third-order valence-electron chi connectivity index (χ3n) is 6.11. The Kier molecular flexibility index (Phi) is 4.51. The molecule has 7 rings (SSSR count). The first-order valence-electron chi connectivity index (χ1n) is 10.8. The summed E-state index contributed by atoms with van der Waals surface area (Å²) in [5, 5.41) is 0. The molecule has 0 fully saturated rings. The van der Waals surface area contributed by atoms with Crippen LogP contribution in [0.2, 0.25) is 0 Å². The van der Waals surface area contributed by atoms with Crippen LogP contribution < -0.4 is 0 Å². The van der Waals surface area contributed by atoms with Gasteiger partial charge < -0.3 is 0 Å². The molecule has 0 saturated heterocycles. The van der Waals surface area contributed by atoms with E-state index in [1.54, 1.807) is 21.4 Å². The van der Waals surface area contributed by atoms with Crippen molar-refractivity contribution in [1.82, 2.24) is 0 Å². The molecule has 0 radical (unpaired) electrons. The topological polar surface area (TPSA) is 0 Å². The molecule has 2 aliphatic rings. The quantitative estimate of drug-likeness (QED) is 0.168. The number of hydrogen-bond acceptors (Lipinski definition) is 0. The van der Waals surface area contributed by atoms with Crippen molar-refractivity contribution < 1.29 is 0 Å². The molecule has 154 valence electrons. The van der Waals surface area contributed by atoms with E-state index in [4.69, 9.17) is 0 Å². The fourth-order valence-corrected chi connectivity index (χ4v) is 18.2. The molecule has 0 atom stereocenters. The van der Waals surface area contributed by atoms with Gasteiger partial charge in [-0.3, -0.25) is 0 Å². The SMILES string of the molecule is c1cc(I2c3ccccc3-c3ccccc32)cc(I2c3ccccc3-c3ccccc32)c1. The summed E-state index contributed by atoms with van der Waals surface area (Å²) in [5.41, 5.74) is 5.81. The van der Waals surface area contributed by atoms with E-state index in [1.807, 2.05) is 0 Å². The zero-order valence-corrected chi connectivity index (χ0v) is 21.6. The molecule has 0 spiro atoms. The van der Waals surface area contributed by atoms with E-state index in [1.165, 1.54) is 22.3 Å². The third kappa shape index (κ3) is 2.78. The van der Waals surface area contributed by atoms with Crippen LogP contribution in [0.15, 0.2) is 121 Å². The molecule has 0 N–H and O–H groups in total. The van der Waals surface area contributed by atoms with Gasteiger partial charge in [-0.15, -0.1) is 0 Å². The second kappa shape index (κ2) is 7.56. The molecule has 2 heterocycles. The Labute approximate surface area is 203 Å². The van der Waals surface area contributed by atoms with Crippen LogP contribution in [0.4, 0.5) is 0 Å². The molecule has 0 saturated carbocycles. The van der Waals surface area contributed by atoms with Crippen LogP contribution in [-0.2, 0) is 0 Å². The minimum atomic E-state index is -1.68. The van der Waals surface area contributed by atoms with E-state index < -0.39 is 39.6 Å². The van der Waals surface area contributed by atoms with Gasteiger partial charge in [-0.1, -0.05) is 0 Å². The van der Waals surface area contributed by atoms with Gasteiger partial charge in [0.15, 0.2) is 0 Å². The van der Waals surface area contributed by atoms with E-state index in [0.29, 0.717) is 0 Å². The molecular formula is C30H20I2. The van der Waals surface area contributed by atoms with Crippen LogP contribution in [0.3, 0.4) is 0 Å². The molecule has 32 heavy (non-hydrogen) atoms. The maximum atomic E-state index is 2.59. The molecule has 0 nitrogen and oxygen atoms in total. The molecule has 0 unspecified atom stereocenters. The molecule has 2 heteroatoms. The van der Waals surface area contributed by atoms with E-state index in [-0.39, 0.29) is 0 Å². The van der Waals surface area contributed by atoms with Crippen LogP contribution in [0.25, 0.3) is 22.3 Å². The number of benzene rings is 5. The Morgan fingerprint density at radius 1 is 0.312 bits per heavy atom. The first-order valence-corrected chi connectivity index (χ1v) is 17.2. The van der Waals surface area contributed by atoms with E-state index in [2.05, 4.69) is 121 Å². The standard InChI is InChI=1S/C30H20I2/c1-5-16-27-23(12-1)24-13-2-6-17-28(24)31(27)21-10-9-11-22(20-21)32-29-18-7-3-14-25(29)26-15-4-8-19-30(26)32/h1-20H. The van der Waals surface area contributed by atoms with Crippen molar-refractivity contribution in [1.29, 1.82) is 0 Å². The van der Waals surface area contributed by atoms with Crippen molar-refractivity contribution in [3.05, 3.63) is 143 Å². The van der Waals surface area contributed by atoms with Crippen molar-refractivity contribution in [2.75, 3.05) is 0 Å². The summed E-state index contributed by atoms with van der Waals surface area (Å²) in [6.45, 7) is 0. The first-order chi connectivity index (χ1) is 15.9. The normalized spacial score (nSPS) is 15.1. The number of rotatable bonds is 2. The van der Waals surface area contributed by atoms with Gasteiger partial charge >= 0.3 is 205 Å². The second-order valence-corrected chi connectivity index (χ2v) is 18.3. The Hall–Kier alpha value is -2.44. The first kappa shape index (κ1) is 19.1. The molecule has 5 aromatic rings. The summed E-state index contributed by atoms with van der Waals surface area (Å²) in [6.07, 6.45) is 0. The molecule has 5 aromatic carbocycles. The van der Waals surface area contributed by atoms with Gasteiger partial charge in [0.25, 0.3) is 0 Å². The fourth-order valence-electron chi connectivity index (χ4n) is 4.76. The van der Waals surface area contributed by atoms with Crippen molar-refractivity contribution in [2.24, 2.45) is 0 Å². The number of halogens is 2. The summed E-state index contributed by atoms with van der Waals surface area (Å²) in [7, 11) is 0. The van der Waals surface area contributed by atoms with E-state index >= 15 is 0 Å². The summed E-state index contributed by atoms with van der Waals surface area (Å²) in [4.78, 5) is 0. The fraction of sp³-hybridized carbons (Fsp3) is 0. The summed E-state index contributed by atoms with van der Waals surface area (Å²) in [6, 6.07) is 46.1. The Morgan fingerprint density at radius 2 is 0.625 bits per heavy atom. The molecule has 0 bridgehead atoms. The summed E-state index contributed by atoms with van der Waals surface area (Å²) in [5.74, 6) is 0. The van der Waals surface area contributed by atoms with Crippen molar-refractivity contribution >= 4 is 39.6 Å². The Morgan fingerprint density at radius 3 is 0.969 bits per heavy atom. The predicted molar refractivity (Wildman–Crippen MR) is 150 cm³/mol. The number of hydrogen-bond donors (Lipinski definition) is 0. The molecular weight excluding hydrogens is 614 g/mol. The predicted octanol–water partition coefficient (Wildman–Crippen LogP) is 8.48. The zero-order chi connectivity index (χ0) is 21.1. The van der Waals surface area contributed by atoms with Gasteiger partial charge in [0.1, 0.15) is 0 Å². The van der Waals surface area contributed by atoms with Crippen molar-refractivity contribution in [3.8, 4) is 22.3 Å². The van der Waals surface area contributed by atoms with Crippen LogP contribution in [0.5, 0.6) is 0 Å². The number of fused-ring (bicyclic) bond motifs is 6. The van der Waals surface area contributed by atoms with Crippen LogP contribution in [-0.4, -0.2) is 0 Å². The van der Waals surface area contributed by atoms with Gasteiger partial charge in [-0.25, -0.2) is 0 Å². The monoisotopic (exact) mass is 634 g/mol. The Balaban J connectivity index is 1.41. The molecule has 0 aliphatic carbocycles. The maximum absolute atomic E-state index is 2.59. The van der Waals surface area contributed by atoms with Gasteiger partial charge in [0.05, 0.1) is 0 Å². The second-order valence-electron chi connectivity index (χ2n) is 7.93. The van der Waals surface area contributed by atoms with Gasteiger partial charge in [0.2, 0.25) is 0 Å². The van der Waals surface area contributed by atoms with E-state index in [9.17, 15) is 0 Å². The van der Waals surface area contributed by atoms with Crippen LogP contribution in [0.1, 0.15) is 0 Å². The van der Waals surface area contributed by atoms with Crippen LogP contribution >= 0.6 is 39.6 Å². The molecule has 2 aliphatic heterocycles. The third-order valence-corrected chi connectivity index (χ3v) is 18.4. The van der Waals surface area contributed by atoms with Crippen LogP contribution in [0, 0.1) is 21.4 Å². The van der Waals surface area contributed by atoms with Crippen molar-refractivity contribution in [3.63, 3.8) is 0 Å². The minimum absolute atomic E-state index is 1.45. The summed E-state index contributed by atoms with van der Waals surface area (Å²) >= 11 is -3.36. The summed E-state index contributed by atoms with van der Waals surface area (Å²) < 4.78 is 9.50.